The fourth-order valence-electron chi connectivity index (χ4n) is 8.69. The average molecular weight is 931 g/mol. The van der Waals surface area contributed by atoms with E-state index in [2.05, 4.69) is 115 Å². The second-order valence-corrected chi connectivity index (χ2v) is 18.9. The molecular formula is C50H60IrNO2S-. The van der Waals surface area contributed by atoms with Gasteiger partial charge < -0.3 is 5.11 Å². The number of aliphatic hydroxyl groups excluding tert-OH is 1. The topological polar surface area (TPSA) is 50.2 Å². The molecule has 7 rings (SSSR count). The van der Waals surface area contributed by atoms with Crippen molar-refractivity contribution in [3.05, 3.63) is 101 Å². The number of aromatic nitrogens is 1. The molecule has 1 N–H and O–H groups in total. The fourth-order valence-corrected chi connectivity index (χ4v) is 10.1. The molecule has 2 aromatic heterocycles. The van der Waals surface area contributed by atoms with E-state index in [1.165, 1.54) is 66.4 Å². The summed E-state index contributed by atoms with van der Waals surface area (Å²) in [5, 5.41) is 17.4. The van der Waals surface area contributed by atoms with Gasteiger partial charge in [-0.3, -0.25) is 9.78 Å². The zero-order valence-corrected chi connectivity index (χ0v) is 38.1. The number of carbonyl (C=O) groups is 1. The van der Waals surface area contributed by atoms with Gasteiger partial charge in [0, 0.05) is 70.1 Å². The van der Waals surface area contributed by atoms with Crippen LogP contribution in [0, 0.1) is 17.9 Å². The molecular weight excluding hydrogens is 871 g/mol. The van der Waals surface area contributed by atoms with Gasteiger partial charge in [0.25, 0.3) is 0 Å². The standard InChI is InChI=1S/C37H36NS.C13H24O2.Ir/c1-35(2,3)29-21-23(20-22-10-8-9-11-24(22)29)33-26-13-15-30-31(25(26)16-19-38-33)27-12-14-28-32(34(27)39-30)37(6,7)18-17-36(28,4)5;1-5-10(6-2)12(14)9-13(15)11(7-3)8-4;/h8-16,19,21H,17-18H2,1-7H3;9-11,14H,5-8H2,1-4H3;/q-1;;/b;12-9-;. The van der Waals surface area contributed by atoms with Crippen molar-refractivity contribution in [3.8, 4) is 11.3 Å². The van der Waals surface area contributed by atoms with Gasteiger partial charge in [-0.1, -0.05) is 124 Å². The van der Waals surface area contributed by atoms with E-state index in [0.29, 0.717) is 0 Å². The van der Waals surface area contributed by atoms with Crippen LogP contribution in [0.5, 0.6) is 0 Å². The molecule has 293 valence electrons. The molecule has 3 nitrogen and oxygen atoms in total. The zero-order valence-electron chi connectivity index (χ0n) is 34.9. The van der Waals surface area contributed by atoms with E-state index in [1.54, 1.807) is 5.56 Å². The van der Waals surface area contributed by atoms with Gasteiger partial charge in [0.1, 0.15) is 0 Å². The summed E-state index contributed by atoms with van der Waals surface area (Å²) in [7, 11) is 0. The molecule has 4 aromatic carbocycles. The summed E-state index contributed by atoms with van der Waals surface area (Å²) in [5.41, 5.74) is 6.94. The van der Waals surface area contributed by atoms with Gasteiger partial charge in [0.05, 0.1) is 5.76 Å². The number of allylic oxidation sites excluding steroid dienone is 2. The molecule has 0 saturated heterocycles. The van der Waals surface area contributed by atoms with E-state index >= 15 is 0 Å². The van der Waals surface area contributed by atoms with Crippen LogP contribution >= 0.6 is 11.3 Å². The van der Waals surface area contributed by atoms with Crippen molar-refractivity contribution >= 4 is 58.8 Å². The maximum Gasteiger partial charge on any atom is 0.162 e. The van der Waals surface area contributed by atoms with Gasteiger partial charge in [-0.05, 0) is 88.8 Å². The number of ketones is 1. The number of rotatable bonds is 8. The number of aliphatic hydroxyl groups is 1. The molecule has 0 bridgehead atoms. The molecule has 6 aromatic rings. The monoisotopic (exact) mass is 931 g/mol. The summed E-state index contributed by atoms with van der Waals surface area (Å²) in [6.45, 7) is 24.7. The summed E-state index contributed by atoms with van der Waals surface area (Å²) in [4.78, 5) is 16.7. The van der Waals surface area contributed by atoms with Crippen LogP contribution < -0.4 is 0 Å². The molecule has 0 atom stereocenters. The van der Waals surface area contributed by atoms with Crippen molar-refractivity contribution in [2.45, 2.75) is 131 Å². The second kappa shape index (κ2) is 16.6. The molecule has 0 aliphatic heterocycles. The zero-order chi connectivity index (χ0) is 39.2. The third-order valence-electron chi connectivity index (χ3n) is 12.2. The summed E-state index contributed by atoms with van der Waals surface area (Å²) in [6, 6.07) is 26.3. The van der Waals surface area contributed by atoms with Crippen molar-refractivity contribution in [2.24, 2.45) is 11.8 Å². The number of hydrogen-bond donors (Lipinski definition) is 1. The van der Waals surface area contributed by atoms with E-state index in [9.17, 15) is 9.90 Å². The van der Waals surface area contributed by atoms with Crippen molar-refractivity contribution < 1.29 is 30.0 Å². The smallest absolute Gasteiger partial charge is 0.162 e. The van der Waals surface area contributed by atoms with Gasteiger partial charge in [-0.15, -0.1) is 40.5 Å². The van der Waals surface area contributed by atoms with Gasteiger partial charge >= 0.3 is 0 Å². The first-order valence-corrected chi connectivity index (χ1v) is 21.1. The molecule has 0 fully saturated rings. The largest absolute Gasteiger partial charge is 0.512 e. The SMILES string of the molecule is CC(C)(C)c1cc(-c2nccc3c2ccc2sc4c5c(ccc4c23)C(C)(C)CCC5(C)C)[c-]c2ccccc12.CCC(CC)C(=O)/C=C(\O)C(CC)CC.[Ir]. The first-order valence-electron chi connectivity index (χ1n) is 20.2. The predicted molar refractivity (Wildman–Crippen MR) is 234 cm³/mol. The Kier molecular flexibility index (Phi) is 12.9. The molecule has 1 aliphatic rings. The second-order valence-electron chi connectivity index (χ2n) is 17.8. The minimum absolute atomic E-state index is 0. The van der Waals surface area contributed by atoms with Crippen LogP contribution in [0.15, 0.2) is 78.7 Å². The van der Waals surface area contributed by atoms with Gasteiger partial charge in [-0.25, -0.2) is 0 Å². The molecule has 2 heterocycles. The number of fused-ring (bicyclic) bond motifs is 8. The minimum atomic E-state index is 0. The summed E-state index contributed by atoms with van der Waals surface area (Å²) in [6.07, 6.45) is 9.36. The molecule has 1 radical (unpaired) electrons. The number of nitrogens with zero attached hydrogens (tertiary/aromatic N) is 1. The number of pyridine rings is 1. The molecule has 55 heavy (non-hydrogen) atoms. The minimum Gasteiger partial charge on any atom is -0.512 e. The Morgan fingerprint density at radius 2 is 1.47 bits per heavy atom. The molecule has 0 amide bonds. The Morgan fingerprint density at radius 1 is 0.836 bits per heavy atom. The van der Waals surface area contributed by atoms with Crippen LogP contribution in [-0.2, 0) is 41.1 Å². The summed E-state index contributed by atoms with van der Waals surface area (Å²) in [5.74, 6) is 0.547. The molecule has 0 unspecified atom stereocenters. The molecule has 0 spiro atoms. The number of hydrogen-bond acceptors (Lipinski definition) is 4. The van der Waals surface area contributed by atoms with Crippen molar-refractivity contribution in [3.63, 3.8) is 0 Å². The first kappa shape index (κ1) is 42.8. The Labute approximate surface area is 347 Å². The van der Waals surface area contributed by atoms with Crippen LogP contribution in [0.3, 0.4) is 0 Å². The predicted octanol–water partition coefficient (Wildman–Crippen LogP) is 14.7. The van der Waals surface area contributed by atoms with Crippen molar-refractivity contribution in [2.75, 3.05) is 0 Å². The van der Waals surface area contributed by atoms with Crippen molar-refractivity contribution in [1.29, 1.82) is 0 Å². The van der Waals surface area contributed by atoms with Gasteiger partial charge in [0.15, 0.2) is 5.78 Å². The number of thiophene rings is 1. The maximum atomic E-state index is 11.7. The summed E-state index contributed by atoms with van der Waals surface area (Å²) >= 11 is 1.98. The van der Waals surface area contributed by atoms with Gasteiger partial charge in [0.2, 0.25) is 0 Å². The third-order valence-corrected chi connectivity index (χ3v) is 13.4. The fraction of sp³-hybridized carbons (Fsp3) is 0.440. The Morgan fingerprint density at radius 3 is 2.13 bits per heavy atom. The van der Waals surface area contributed by atoms with E-state index in [4.69, 9.17) is 4.98 Å². The van der Waals surface area contributed by atoms with Crippen LogP contribution in [-0.4, -0.2) is 15.9 Å². The third kappa shape index (κ3) is 8.23. The van der Waals surface area contributed by atoms with Crippen LogP contribution in [0.1, 0.15) is 131 Å². The van der Waals surface area contributed by atoms with E-state index in [0.717, 1.165) is 42.3 Å². The molecule has 1 aliphatic carbocycles. The number of carbonyl (C=O) groups excluding carboxylic acids is 1. The van der Waals surface area contributed by atoms with Crippen LogP contribution in [0.4, 0.5) is 0 Å². The van der Waals surface area contributed by atoms with E-state index in [-0.39, 0.29) is 59.7 Å². The van der Waals surface area contributed by atoms with E-state index in [1.807, 2.05) is 45.2 Å². The van der Waals surface area contributed by atoms with Crippen LogP contribution in [0.2, 0.25) is 0 Å². The normalized spacial score (nSPS) is 15.3. The van der Waals surface area contributed by atoms with Gasteiger partial charge in [-0.2, -0.15) is 0 Å². The van der Waals surface area contributed by atoms with Crippen molar-refractivity contribution in [1.82, 2.24) is 4.98 Å². The number of benzene rings is 4. The van der Waals surface area contributed by atoms with Crippen LogP contribution in [0.25, 0.3) is 53.0 Å². The first-order chi connectivity index (χ1) is 25.6. The molecule has 0 saturated carbocycles. The van der Waals surface area contributed by atoms with E-state index < -0.39 is 0 Å². The Hall–Kier alpha value is -3.37. The average Bonchev–Trinajstić information content (AvgIpc) is 3.53. The molecule has 5 heteroatoms. The summed E-state index contributed by atoms with van der Waals surface area (Å²) < 4.78 is 2.83. The maximum absolute atomic E-state index is 11.7. The quantitative estimate of drug-likeness (QED) is 0.0940. The Balaban J connectivity index is 0.000000311. The Bertz CT molecular complexity index is 2370.